The first-order chi connectivity index (χ1) is 10.4. The highest BCUT2D eigenvalue weighted by Gasteiger charge is 2.19. The van der Waals surface area contributed by atoms with Crippen molar-refractivity contribution in [3.8, 4) is 11.8 Å². The molecule has 8 heteroatoms. The zero-order chi connectivity index (χ0) is 16.3. The first kappa shape index (κ1) is 16.0. The van der Waals surface area contributed by atoms with Gasteiger partial charge in [0, 0.05) is 25.9 Å². The van der Waals surface area contributed by atoms with Crippen LogP contribution in [0.1, 0.15) is 11.1 Å². The summed E-state index contributed by atoms with van der Waals surface area (Å²) in [4.78, 5) is 0.118. The van der Waals surface area contributed by atoms with E-state index in [1.54, 1.807) is 18.2 Å². The summed E-state index contributed by atoms with van der Waals surface area (Å²) in [5.74, 6) is 0.617. The van der Waals surface area contributed by atoms with E-state index in [0.29, 0.717) is 17.9 Å². The van der Waals surface area contributed by atoms with E-state index in [-0.39, 0.29) is 4.90 Å². The van der Waals surface area contributed by atoms with Gasteiger partial charge in [-0.15, -0.1) is 0 Å². The molecule has 0 saturated heterocycles. The van der Waals surface area contributed by atoms with Gasteiger partial charge in [0.1, 0.15) is 10.6 Å². The lowest BCUT2D eigenvalue weighted by Crippen LogP contribution is -2.21. The monoisotopic (exact) mass is 320 g/mol. The average molecular weight is 320 g/mol. The number of methoxy groups -OCH3 is 1. The van der Waals surface area contributed by atoms with E-state index in [9.17, 15) is 8.42 Å². The SMILES string of the molecule is COc1ccc(C#N)cc1Cn1cc(S(=O)(=O)N(C)C)cn1. The van der Waals surface area contributed by atoms with Crippen LogP contribution in [0, 0.1) is 11.3 Å². The highest BCUT2D eigenvalue weighted by Crippen LogP contribution is 2.21. The van der Waals surface area contributed by atoms with Crippen molar-refractivity contribution in [3.63, 3.8) is 0 Å². The van der Waals surface area contributed by atoms with Crippen LogP contribution in [0.15, 0.2) is 35.5 Å². The Morgan fingerprint density at radius 2 is 2.14 bits per heavy atom. The molecule has 116 valence electrons. The maximum atomic E-state index is 12.0. The Balaban J connectivity index is 2.33. The van der Waals surface area contributed by atoms with E-state index in [1.165, 1.54) is 38.3 Å². The van der Waals surface area contributed by atoms with Gasteiger partial charge in [-0.3, -0.25) is 4.68 Å². The molecule has 0 N–H and O–H groups in total. The molecule has 0 aliphatic rings. The summed E-state index contributed by atoms with van der Waals surface area (Å²) in [6, 6.07) is 7.12. The van der Waals surface area contributed by atoms with Crippen molar-refractivity contribution in [1.82, 2.24) is 14.1 Å². The standard InChI is InChI=1S/C14H16N4O3S/c1-17(2)22(19,20)13-8-16-18(10-13)9-12-6-11(7-15)4-5-14(12)21-3/h4-6,8,10H,9H2,1-3H3. The summed E-state index contributed by atoms with van der Waals surface area (Å²) >= 11 is 0. The summed E-state index contributed by atoms with van der Waals surface area (Å²) in [7, 11) is 0.956. The van der Waals surface area contributed by atoms with Gasteiger partial charge in [-0.05, 0) is 18.2 Å². The van der Waals surface area contributed by atoms with Crippen molar-refractivity contribution in [2.45, 2.75) is 11.4 Å². The highest BCUT2D eigenvalue weighted by atomic mass is 32.2. The Labute approximate surface area is 129 Å². The van der Waals surface area contributed by atoms with Crippen LogP contribution < -0.4 is 4.74 Å². The Morgan fingerprint density at radius 3 is 2.73 bits per heavy atom. The number of sulfonamides is 1. The number of rotatable bonds is 5. The molecular formula is C14H16N4O3S. The Kier molecular flexibility index (Phi) is 4.49. The third-order valence-electron chi connectivity index (χ3n) is 3.13. The topological polar surface area (TPSA) is 88.2 Å². The van der Waals surface area contributed by atoms with Crippen molar-refractivity contribution >= 4 is 10.0 Å². The molecule has 0 amide bonds. The van der Waals surface area contributed by atoms with Gasteiger partial charge in [-0.2, -0.15) is 10.4 Å². The minimum atomic E-state index is -3.51. The normalized spacial score (nSPS) is 11.4. The van der Waals surface area contributed by atoms with Crippen LogP contribution in [0.25, 0.3) is 0 Å². The molecule has 0 unspecified atom stereocenters. The molecule has 0 saturated carbocycles. The molecule has 0 aliphatic heterocycles. The Hall–Kier alpha value is -2.37. The van der Waals surface area contributed by atoms with Crippen molar-refractivity contribution in [3.05, 3.63) is 41.7 Å². The number of nitrogens with zero attached hydrogens (tertiary/aromatic N) is 4. The van der Waals surface area contributed by atoms with E-state index < -0.39 is 10.0 Å². The fraction of sp³-hybridized carbons (Fsp3) is 0.286. The van der Waals surface area contributed by atoms with Crippen LogP contribution in [0.5, 0.6) is 5.75 Å². The zero-order valence-corrected chi connectivity index (χ0v) is 13.3. The van der Waals surface area contributed by atoms with Crippen LogP contribution in [0.3, 0.4) is 0 Å². The maximum absolute atomic E-state index is 12.0. The van der Waals surface area contributed by atoms with E-state index in [0.717, 1.165) is 9.87 Å². The van der Waals surface area contributed by atoms with Gasteiger partial charge in [0.2, 0.25) is 10.0 Å². The number of hydrogen-bond donors (Lipinski definition) is 0. The molecular weight excluding hydrogens is 304 g/mol. The summed E-state index contributed by atoms with van der Waals surface area (Å²) in [6.07, 6.45) is 2.75. The molecule has 0 atom stereocenters. The molecule has 1 aromatic heterocycles. The molecule has 2 rings (SSSR count). The average Bonchev–Trinajstić information content (AvgIpc) is 2.96. The number of aromatic nitrogens is 2. The third-order valence-corrected chi connectivity index (χ3v) is 4.90. The van der Waals surface area contributed by atoms with Crippen molar-refractivity contribution < 1.29 is 13.2 Å². The molecule has 7 nitrogen and oxygen atoms in total. The Morgan fingerprint density at radius 1 is 1.41 bits per heavy atom. The number of nitriles is 1. The predicted molar refractivity (Wildman–Crippen MR) is 79.9 cm³/mol. The molecule has 1 aromatic carbocycles. The molecule has 0 radical (unpaired) electrons. The van der Waals surface area contributed by atoms with Crippen LogP contribution in [0.4, 0.5) is 0 Å². The minimum Gasteiger partial charge on any atom is -0.496 e. The summed E-state index contributed by atoms with van der Waals surface area (Å²) < 4.78 is 31.9. The quantitative estimate of drug-likeness (QED) is 0.822. The third kappa shape index (κ3) is 3.10. The van der Waals surface area contributed by atoms with Crippen molar-refractivity contribution in [1.29, 1.82) is 5.26 Å². The molecule has 0 spiro atoms. The van der Waals surface area contributed by atoms with E-state index in [4.69, 9.17) is 10.00 Å². The van der Waals surface area contributed by atoms with Crippen LogP contribution >= 0.6 is 0 Å². The van der Waals surface area contributed by atoms with Gasteiger partial charge >= 0.3 is 0 Å². The second kappa shape index (κ2) is 6.17. The molecule has 0 aliphatic carbocycles. The number of benzene rings is 1. The van der Waals surface area contributed by atoms with E-state index >= 15 is 0 Å². The van der Waals surface area contributed by atoms with Gasteiger partial charge in [0.15, 0.2) is 0 Å². The lowest BCUT2D eigenvalue weighted by Gasteiger charge is -2.09. The van der Waals surface area contributed by atoms with Gasteiger partial charge < -0.3 is 4.74 Å². The summed E-state index contributed by atoms with van der Waals surface area (Å²) in [5, 5.41) is 13.0. The number of ether oxygens (including phenoxy) is 1. The van der Waals surface area contributed by atoms with Crippen LogP contribution in [-0.4, -0.2) is 43.7 Å². The summed E-state index contributed by atoms with van der Waals surface area (Å²) in [5.41, 5.74) is 1.25. The summed E-state index contributed by atoms with van der Waals surface area (Å²) in [6.45, 7) is 0.307. The molecule has 0 bridgehead atoms. The minimum absolute atomic E-state index is 0.118. The second-order valence-electron chi connectivity index (χ2n) is 4.80. The zero-order valence-electron chi connectivity index (χ0n) is 12.5. The number of hydrogen-bond acceptors (Lipinski definition) is 5. The molecule has 1 heterocycles. The Bertz CT molecular complexity index is 819. The predicted octanol–water partition coefficient (Wildman–Crippen LogP) is 1.06. The van der Waals surface area contributed by atoms with Gasteiger partial charge in [0.05, 0.1) is 31.5 Å². The van der Waals surface area contributed by atoms with Gasteiger partial charge in [-0.25, -0.2) is 12.7 Å². The fourth-order valence-electron chi connectivity index (χ4n) is 1.92. The molecule has 22 heavy (non-hydrogen) atoms. The van der Waals surface area contributed by atoms with E-state index in [2.05, 4.69) is 11.2 Å². The van der Waals surface area contributed by atoms with Crippen molar-refractivity contribution in [2.75, 3.05) is 21.2 Å². The second-order valence-corrected chi connectivity index (χ2v) is 6.95. The lowest BCUT2D eigenvalue weighted by molar-refractivity contribution is 0.407. The van der Waals surface area contributed by atoms with Gasteiger partial charge in [-0.1, -0.05) is 0 Å². The van der Waals surface area contributed by atoms with Gasteiger partial charge in [0.25, 0.3) is 0 Å². The lowest BCUT2D eigenvalue weighted by atomic mass is 10.1. The largest absolute Gasteiger partial charge is 0.496 e. The van der Waals surface area contributed by atoms with Crippen molar-refractivity contribution in [2.24, 2.45) is 0 Å². The molecule has 0 fully saturated rings. The first-order valence-corrected chi connectivity index (χ1v) is 7.84. The first-order valence-electron chi connectivity index (χ1n) is 6.40. The van der Waals surface area contributed by atoms with Crippen LogP contribution in [-0.2, 0) is 16.6 Å². The van der Waals surface area contributed by atoms with Crippen LogP contribution in [0.2, 0.25) is 0 Å². The molecule has 2 aromatic rings. The highest BCUT2D eigenvalue weighted by molar-refractivity contribution is 7.89. The maximum Gasteiger partial charge on any atom is 0.245 e. The fourth-order valence-corrected chi connectivity index (χ4v) is 2.78. The van der Waals surface area contributed by atoms with E-state index in [1.807, 2.05) is 0 Å². The smallest absolute Gasteiger partial charge is 0.245 e.